The third-order valence-electron chi connectivity index (χ3n) is 0.563. The molecule has 0 aliphatic carbocycles. The molecule has 0 heterocycles. The van der Waals surface area contributed by atoms with Crippen molar-refractivity contribution >= 4 is 0 Å². The lowest BCUT2D eigenvalue weighted by atomic mass is 10.4. The van der Waals surface area contributed by atoms with Crippen LogP contribution in [0.15, 0.2) is 0 Å². The zero-order valence-corrected chi connectivity index (χ0v) is 4.85. The molecular weight excluding hydrogens is 92.1 g/mol. The number of rotatable bonds is 3. The molecule has 0 radical (unpaired) electrons. The van der Waals surface area contributed by atoms with E-state index in [0.717, 1.165) is 0 Å². The van der Waals surface area contributed by atoms with E-state index in [1.54, 1.807) is 6.92 Å². The molecule has 1 N–H and O–H groups in total. The van der Waals surface area contributed by atoms with Gasteiger partial charge in [0.2, 0.25) is 0 Å². The molecule has 0 bridgehead atoms. The highest BCUT2D eigenvalue weighted by molar-refractivity contribution is 4.38. The van der Waals surface area contributed by atoms with Gasteiger partial charge in [-0.15, -0.1) is 0 Å². The number of ether oxygens (including phenoxy) is 1. The Balaban J connectivity index is 2.68. The molecule has 1 unspecified atom stereocenters. The topological polar surface area (TPSA) is 29.5 Å². The fourth-order valence-electron chi connectivity index (χ4n) is 0.288. The third-order valence-corrected chi connectivity index (χ3v) is 0.563. The van der Waals surface area contributed by atoms with Crippen LogP contribution in [-0.4, -0.2) is 24.4 Å². The van der Waals surface area contributed by atoms with Crippen molar-refractivity contribution in [2.75, 3.05) is 13.2 Å². The van der Waals surface area contributed by atoms with Crippen LogP contribution in [0.25, 0.3) is 0 Å². The molecule has 2 heteroatoms. The van der Waals surface area contributed by atoms with Gasteiger partial charge in [0.05, 0.1) is 12.7 Å². The van der Waals surface area contributed by atoms with Gasteiger partial charge in [-0.1, -0.05) is 0 Å². The summed E-state index contributed by atoms with van der Waals surface area (Å²) in [6, 6.07) is 0. The number of hydrogen-bond donors (Lipinski definition) is 1. The van der Waals surface area contributed by atoms with Gasteiger partial charge < -0.3 is 9.84 Å². The van der Waals surface area contributed by atoms with Crippen molar-refractivity contribution in [3.63, 3.8) is 0 Å². The van der Waals surface area contributed by atoms with Crippen LogP contribution in [0.2, 0.25) is 0 Å². The minimum Gasteiger partial charge on any atom is -0.391 e. The minimum absolute atomic E-state index is 0.319. The Labute approximate surface area is 44.1 Å². The molecular formula is C5H12O2. The van der Waals surface area contributed by atoms with Crippen LogP contribution >= 0.6 is 0 Å². The molecule has 0 aliphatic heterocycles. The quantitative estimate of drug-likeness (QED) is 0.561. The van der Waals surface area contributed by atoms with Crippen LogP contribution in [0.3, 0.4) is 0 Å². The smallest absolute Gasteiger partial charge is 0.0745 e. The molecule has 0 spiro atoms. The number of aliphatic hydroxyl groups is 1. The molecule has 0 fully saturated rings. The standard InChI is InChI=1S/C5H12O2/c1-3-7-4-5(2)6/h5-6H,3-4H2,1-2H3. The van der Waals surface area contributed by atoms with Crippen LogP contribution in [0, 0.1) is 0 Å². The molecule has 0 aromatic carbocycles. The van der Waals surface area contributed by atoms with Crippen molar-refractivity contribution in [1.29, 1.82) is 0 Å². The monoisotopic (exact) mass is 104 g/mol. The molecule has 0 saturated heterocycles. The highest BCUT2D eigenvalue weighted by atomic mass is 16.5. The fraction of sp³-hybridized carbons (Fsp3) is 1.00. The first-order valence-electron chi connectivity index (χ1n) is 2.53. The van der Waals surface area contributed by atoms with Crippen molar-refractivity contribution in [2.45, 2.75) is 20.0 Å². The maximum Gasteiger partial charge on any atom is 0.0745 e. The van der Waals surface area contributed by atoms with E-state index in [2.05, 4.69) is 0 Å². The average molecular weight is 104 g/mol. The second-order valence-corrected chi connectivity index (χ2v) is 1.51. The van der Waals surface area contributed by atoms with Gasteiger partial charge in [0, 0.05) is 6.61 Å². The summed E-state index contributed by atoms with van der Waals surface area (Å²) in [7, 11) is 0. The lowest BCUT2D eigenvalue weighted by Gasteiger charge is -2.00. The molecule has 44 valence electrons. The second-order valence-electron chi connectivity index (χ2n) is 1.51. The molecule has 0 aromatic rings. The Morgan fingerprint density at radius 2 is 2.29 bits per heavy atom. The van der Waals surface area contributed by atoms with E-state index in [0.29, 0.717) is 13.2 Å². The van der Waals surface area contributed by atoms with Crippen molar-refractivity contribution in [3.05, 3.63) is 0 Å². The average Bonchev–Trinajstić information content (AvgIpc) is 1.61. The summed E-state index contributed by atoms with van der Waals surface area (Å²) in [5.41, 5.74) is 0. The lowest BCUT2D eigenvalue weighted by molar-refractivity contribution is 0.0527. The first-order chi connectivity index (χ1) is 3.27. The Hall–Kier alpha value is -0.0800. The van der Waals surface area contributed by atoms with Crippen LogP contribution in [0.1, 0.15) is 13.8 Å². The minimum atomic E-state index is -0.319. The molecule has 0 saturated carbocycles. The Morgan fingerprint density at radius 3 is 2.43 bits per heavy atom. The molecule has 2 nitrogen and oxygen atoms in total. The SMILES string of the molecule is CCOCC(C)O. The second kappa shape index (κ2) is 4.09. The summed E-state index contributed by atoms with van der Waals surface area (Å²) in [5.74, 6) is 0. The summed E-state index contributed by atoms with van der Waals surface area (Å²) in [4.78, 5) is 0. The van der Waals surface area contributed by atoms with E-state index < -0.39 is 0 Å². The van der Waals surface area contributed by atoms with Gasteiger partial charge in [-0.25, -0.2) is 0 Å². The summed E-state index contributed by atoms with van der Waals surface area (Å²) in [6.07, 6.45) is -0.319. The van der Waals surface area contributed by atoms with Gasteiger partial charge in [0.15, 0.2) is 0 Å². The van der Waals surface area contributed by atoms with Crippen LogP contribution in [0.5, 0.6) is 0 Å². The van der Waals surface area contributed by atoms with E-state index >= 15 is 0 Å². The highest BCUT2D eigenvalue weighted by Gasteiger charge is 1.89. The van der Waals surface area contributed by atoms with Crippen molar-refractivity contribution in [1.82, 2.24) is 0 Å². The molecule has 7 heavy (non-hydrogen) atoms. The van der Waals surface area contributed by atoms with Crippen LogP contribution in [-0.2, 0) is 4.74 Å². The zero-order chi connectivity index (χ0) is 5.70. The molecule has 0 aromatic heterocycles. The summed E-state index contributed by atoms with van der Waals surface area (Å²) in [5, 5.41) is 8.56. The Morgan fingerprint density at radius 1 is 1.71 bits per heavy atom. The lowest BCUT2D eigenvalue weighted by Crippen LogP contribution is -2.09. The Bertz CT molecular complexity index is 35.1. The number of hydrogen-bond acceptors (Lipinski definition) is 2. The van der Waals surface area contributed by atoms with E-state index in [-0.39, 0.29) is 6.10 Å². The largest absolute Gasteiger partial charge is 0.391 e. The van der Waals surface area contributed by atoms with Crippen molar-refractivity contribution in [2.24, 2.45) is 0 Å². The first kappa shape index (κ1) is 6.92. The maximum atomic E-state index is 8.56. The summed E-state index contributed by atoms with van der Waals surface area (Å²) < 4.78 is 4.84. The normalized spacial score (nSPS) is 14.1. The maximum absolute atomic E-state index is 8.56. The van der Waals surface area contributed by atoms with Gasteiger partial charge in [0.25, 0.3) is 0 Å². The summed E-state index contributed by atoms with van der Waals surface area (Å²) in [6.45, 7) is 4.75. The predicted octanol–water partition coefficient (Wildman–Crippen LogP) is 0.404. The van der Waals surface area contributed by atoms with Gasteiger partial charge in [-0.05, 0) is 13.8 Å². The molecule has 0 rings (SSSR count). The van der Waals surface area contributed by atoms with E-state index in [1.165, 1.54) is 0 Å². The van der Waals surface area contributed by atoms with E-state index in [1.807, 2.05) is 6.92 Å². The molecule has 1 atom stereocenters. The van der Waals surface area contributed by atoms with Crippen molar-refractivity contribution in [3.8, 4) is 0 Å². The predicted molar refractivity (Wildman–Crippen MR) is 28.2 cm³/mol. The number of aliphatic hydroxyl groups excluding tert-OH is 1. The fourth-order valence-corrected chi connectivity index (χ4v) is 0.288. The first-order valence-corrected chi connectivity index (χ1v) is 2.53. The van der Waals surface area contributed by atoms with Gasteiger partial charge >= 0.3 is 0 Å². The summed E-state index contributed by atoms with van der Waals surface area (Å²) >= 11 is 0. The van der Waals surface area contributed by atoms with E-state index in [9.17, 15) is 0 Å². The third kappa shape index (κ3) is 5.92. The van der Waals surface area contributed by atoms with Crippen LogP contribution in [0.4, 0.5) is 0 Å². The van der Waals surface area contributed by atoms with Gasteiger partial charge in [-0.2, -0.15) is 0 Å². The highest BCUT2D eigenvalue weighted by Crippen LogP contribution is 1.79. The van der Waals surface area contributed by atoms with Gasteiger partial charge in [-0.3, -0.25) is 0 Å². The van der Waals surface area contributed by atoms with Crippen molar-refractivity contribution < 1.29 is 9.84 Å². The molecule has 0 aliphatic rings. The van der Waals surface area contributed by atoms with Gasteiger partial charge in [0.1, 0.15) is 0 Å². The zero-order valence-electron chi connectivity index (χ0n) is 4.85. The molecule has 0 amide bonds. The van der Waals surface area contributed by atoms with Crippen LogP contribution < -0.4 is 0 Å². The Kier molecular flexibility index (Phi) is 4.04. The van der Waals surface area contributed by atoms with E-state index in [4.69, 9.17) is 9.84 Å².